The van der Waals surface area contributed by atoms with Gasteiger partial charge in [0.05, 0.1) is 25.9 Å². The molecule has 0 bridgehead atoms. The minimum Gasteiger partial charge on any atom is -0.497 e. The summed E-state index contributed by atoms with van der Waals surface area (Å²) in [5, 5.41) is 22.6. The molecule has 180 valence electrons. The van der Waals surface area contributed by atoms with E-state index in [9.17, 15) is 10.2 Å². The SMILES string of the molecule is COc1cccc(N2CCC(O)(CN3CCOC[C@@](O)(COc4ccccc4C)C3)CC2)c1. The number of anilines is 1. The molecule has 2 heterocycles. The Bertz CT molecular complexity index is 915. The summed E-state index contributed by atoms with van der Waals surface area (Å²) >= 11 is 0. The summed E-state index contributed by atoms with van der Waals surface area (Å²) in [5.74, 6) is 1.61. The highest BCUT2D eigenvalue weighted by molar-refractivity contribution is 5.51. The average molecular weight is 457 g/mol. The zero-order chi connectivity index (χ0) is 23.3. The molecule has 4 rings (SSSR count). The van der Waals surface area contributed by atoms with Crippen molar-refractivity contribution >= 4 is 5.69 Å². The van der Waals surface area contributed by atoms with Crippen LogP contribution in [0.1, 0.15) is 18.4 Å². The molecule has 1 atom stereocenters. The topological polar surface area (TPSA) is 74.6 Å². The Morgan fingerprint density at radius 1 is 1.00 bits per heavy atom. The van der Waals surface area contributed by atoms with Gasteiger partial charge in [-0.1, -0.05) is 24.3 Å². The number of benzene rings is 2. The molecule has 2 aromatic carbocycles. The number of methoxy groups -OCH3 is 1. The predicted molar refractivity (Wildman–Crippen MR) is 128 cm³/mol. The van der Waals surface area contributed by atoms with Gasteiger partial charge >= 0.3 is 0 Å². The van der Waals surface area contributed by atoms with Gasteiger partial charge in [0.1, 0.15) is 23.7 Å². The van der Waals surface area contributed by atoms with Gasteiger partial charge in [-0.2, -0.15) is 0 Å². The molecule has 2 N–H and O–H groups in total. The minimum atomic E-state index is -1.13. The number of hydrogen-bond acceptors (Lipinski definition) is 7. The fraction of sp³-hybridized carbons (Fsp3) is 0.538. The molecule has 2 saturated heterocycles. The first kappa shape index (κ1) is 23.8. The van der Waals surface area contributed by atoms with Crippen molar-refractivity contribution in [1.82, 2.24) is 4.90 Å². The number of aliphatic hydroxyl groups is 2. The molecule has 0 radical (unpaired) electrons. The zero-order valence-electron chi connectivity index (χ0n) is 19.7. The van der Waals surface area contributed by atoms with Gasteiger partial charge in [-0.05, 0) is 43.5 Å². The number of para-hydroxylation sites is 1. The predicted octanol–water partition coefficient (Wildman–Crippen LogP) is 2.48. The molecule has 7 nitrogen and oxygen atoms in total. The van der Waals surface area contributed by atoms with E-state index in [0.29, 0.717) is 39.1 Å². The maximum Gasteiger partial charge on any atom is 0.134 e. The van der Waals surface area contributed by atoms with Crippen molar-refractivity contribution < 1.29 is 24.4 Å². The smallest absolute Gasteiger partial charge is 0.134 e. The molecule has 2 aliphatic heterocycles. The summed E-state index contributed by atoms with van der Waals surface area (Å²) in [5.41, 5.74) is 0.223. The summed E-state index contributed by atoms with van der Waals surface area (Å²) in [6.45, 7) is 6.02. The lowest BCUT2D eigenvalue weighted by Crippen LogP contribution is -2.55. The maximum atomic E-state index is 11.3. The Hall–Kier alpha value is -2.32. The number of rotatable bonds is 7. The second kappa shape index (κ2) is 10.3. The normalized spacial score (nSPS) is 23.7. The third kappa shape index (κ3) is 6.18. The molecule has 0 aliphatic carbocycles. The first-order valence-corrected chi connectivity index (χ1v) is 11.7. The van der Waals surface area contributed by atoms with E-state index in [1.807, 2.05) is 49.4 Å². The summed E-state index contributed by atoms with van der Waals surface area (Å²) in [4.78, 5) is 4.41. The highest BCUT2D eigenvalue weighted by Crippen LogP contribution is 2.30. The number of β-amino-alcohol motifs (C(OH)–C–C–N with tert-alkyl or cyclic N) is 2. The minimum absolute atomic E-state index is 0.149. The Balaban J connectivity index is 1.34. The molecular weight excluding hydrogens is 420 g/mol. The number of hydrogen-bond donors (Lipinski definition) is 2. The van der Waals surface area contributed by atoms with E-state index in [-0.39, 0.29) is 13.2 Å². The van der Waals surface area contributed by atoms with Crippen LogP contribution in [0.25, 0.3) is 0 Å². The molecular formula is C26H36N2O5. The molecule has 0 unspecified atom stereocenters. The maximum absolute atomic E-state index is 11.3. The van der Waals surface area contributed by atoms with Crippen LogP contribution in [-0.4, -0.2) is 86.0 Å². The third-order valence-corrected chi connectivity index (χ3v) is 6.66. The van der Waals surface area contributed by atoms with E-state index in [1.165, 1.54) is 0 Å². The molecule has 2 aliphatic rings. The average Bonchev–Trinajstić information content (AvgIpc) is 3.00. The Labute approximate surface area is 196 Å². The van der Waals surface area contributed by atoms with Crippen LogP contribution in [0.5, 0.6) is 11.5 Å². The molecule has 2 aromatic rings. The van der Waals surface area contributed by atoms with Crippen LogP contribution in [0.2, 0.25) is 0 Å². The second-order valence-electron chi connectivity index (χ2n) is 9.45. The second-order valence-corrected chi connectivity index (χ2v) is 9.45. The Morgan fingerprint density at radius 3 is 2.55 bits per heavy atom. The van der Waals surface area contributed by atoms with Gasteiger partial charge in [-0.25, -0.2) is 0 Å². The van der Waals surface area contributed by atoms with Crippen LogP contribution in [0, 0.1) is 6.92 Å². The summed E-state index contributed by atoms with van der Waals surface area (Å²) in [6, 6.07) is 15.8. The Morgan fingerprint density at radius 2 is 1.79 bits per heavy atom. The van der Waals surface area contributed by atoms with Crippen molar-refractivity contribution in [2.45, 2.75) is 31.0 Å². The third-order valence-electron chi connectivity index (χ3n) is 6.66. The van der Waals surface area contributed by atoms with Crippen LogP contribution >= 0.6 is 0 Å². The fourth-order valence-corrected chi connectivity index (χ4v) is 4.71. The number of piperidine rings is 1. The monoisotopic (exact) mass is 456 g/mol. The lowest BCUT2D eigenvalue weighted by molar-refractivity contribution is -0.0743. The van der Waals surface area contributed by atoms with Crippen molar-refractivity contribution in [3.63, 3.8) is 0 Å². The van der Waals surface area contributed by atoms with Crippen molar-refractivity contribution in [2.75, 3.05) is 64.6 Å². The summed E-state index contributed by atoms with van der Waals surface area (Å²) in [6.07, 6.45) is 1.33. The summed E-state index contributed by atoms with van der Waals surface area (Å²) < 4.78 is 17.0. The molecule has 33 heavy (non-hydrogen) atoms. The van der Waals surface area contributed by atoms with Crippen LogP contribution in [-0.2, 0) is 4.74 Å². The van der Waals surface area contributed by atoms with Gasteiger partial charge < -0.3 is 29.3 Å². The summed E-state index contributed by atoms with van der Waals surface area (Å²) in [7, 11) is 1.67. The van der Waals surface area contributed by atoms with Crippen molar-refractivity contribution in [3.8, 4) is 11.5 Å². The van der Waals surface area contributed by atoms with E-state index in [0.717, 1.165) is 35.8 Å². The van der Waals surface area contributed by atoms with Gasteiger partial charge in [0.15, 0.2) is 0 Å². The molecule has 2 fully saturated rings. The molecule has 7 heteroatoms. The molecule has 0 aromatic heterocycles. The molecule has 0 saturated carbocycles. The largest absolute Gasteiger partial charge is 0.497 e. The fourth-order valence-electron chi connectivity index (χ4n) is 4.71. The Kier molecular flexibility index (Phi) is 7.44. The zero-order valence-corrected chi connectivity index (χ0v) is 19.7. The van der Waals surface area contributed by atoms with Gasteiger partial charge in [0.25, 0.3) is 0 Å². The van der Waals surface area contributed by atoms with E-state index in [1.54, 1.807) is 7.11 Å². The van der Waals surface area contributed by atoms with Crippen LogP contribution in [0.3, 0.4) is 0 Å². The quantitative estimate of drug-likeness (QED) is 0.663. The number of nitrogens with zero attached hydrogens (tertiary/aromatic N) is 2. The van der Waals surface area contributed by atoms with Gasteiger partial charge in [-0.15, -0.1) is 0 Å². The van der Waals surface area contributed by atoms with E-state index in [4.69, 9.17) is 14.2 Å². The van der Waals surface area contributed by atoms with Crippen LogP contribution in [0.4, 0.5) is 5.69 Å². The van der Waals surface area contributed by atoms with Gasteiger partial charge in [-0.3, -0.25) is 4.90 Å². The van der Waals surface area contributed by atoms with E-state index < -0.39 is 11.2 Å². The van der Waals surface area contributed by atoms with Crippen LogP contribution < -0.4 is 14.4 Å². The van der Waals surface area contributed by atoms with Gasteiger partial charge in [0, 0.05) is 44.5 Å². The highest BCUT2D eigenvalue weighted by Gasteiger charge is 2.39. The molecule has 0 spiro atoms. The van der Waals surface area contributed by atoms with Crippen molar-refractivity contribution in [1.29, 1.82) is 0 Å². The number of ether oxygens (including phenoxy) is 3. The van der Waals surface area contributed by atoms with Gasteiger partial charge in [0.2, 0.25) is 0 Å². The first-order chi connectivity index (χ1) is 15.9. The number of aryl methyl sites for hydroxylation is 1. The van der Waals surface area contributed by atoms with Crippen molar-refractivity contribution in [2.24, 2.45) is 0 Å². The highest BCUT2D eigenvalue weighted by atomic mass is 16.5. The standard InChI is InChI=1S/C26H36N2O5/c1-21-6-3-4-9-24(21)33-20-26(30)18-27(14-15-32-19-26)17-25(29)10-12-28(13-11-25)22-7-5-8-23(16-22)31-2/h3-9,16,29-30H,10-15,17-20H2,1-2H3/t26-/m1/s1. The lowest BCUT2D eigenvalue weighted by Gasteiger charge is -2.42. The van der Waals surface area contributed by atoms with Crippen LogP contribution in [0.15, 0.2) is 48.5 Å². The van der Waals surface area contributed by atoms with E-state index >= 15 is 0 Å². The van der Waals surface area contributed by atoms with Crippen molar-refractivity contribution in [3.05, 3.63) is 54.1 Å². The first-order valence-electron chi connectivity index (χ1n) is 11.7. The lowest BCUT2D eigenvalue weighted by atomic mass is 9.90. The molecule has 0 amide bonds. The van der Waals surface area contributed by atoms with E-state index in [2.05, 4.69) is 15.9 Å².